The average Bonchev–Trinajstić information content (AvgIpc) is 2.41. The van der Waals surface area contributed by atoms with Gasteiger partial charge in [0, 0.05) is 13.0 Å². The molecule has 20 heavy (non-hydrogen) atoms. The van der Waals surface area contributed by atoms with E-state index in [1.807, 2.05) is 0 Å². The first-order chi connectivity index (χ1) is 9.57. The number of nitrogens with one attached hydrogen (secondary N) is 1. The smallest absolute Gasteiger partial charge is 0.320 e. The van der Waals surface area contributed by atoms with Gasteiger partial charge in [-0.2, -0.15) is 0 Å². The van der Waals surface area contributed by atoms with E-state index in [0.29, 0.717) is 25.8 Å². The number of unbranched alkanes of at least 4 members (excludes halogenated alkanes) is 5. The van der Waals surface area contributed by atoms with E-state index in [1.165, 1.54) is 0 Å². The lowest BCUT2D eigenvalue weighted by molar-refractivity contribution is -0.138. The Morgan fingerprint density at radius 2 is 1.65 bits per heavy atom. The summed E-state index contributed by atoms with van der Waals surface area (Å²) in [6.45, 7) is 1.34. The molecule has 0 rings (SSSR count). The van der Waals surface area contributed by atoms with E-state index < -0.39 is 12.0 Å². The Morgan fingerprint density at radius 3 is 2.30 bits per heavy atom. The van der Waals surface area contributed by atoms with Gasteiger partial charge < -0.3 is 21.9 Å². The van der Waals surface area contributed by atoms with Crippen LogP contribution in [0.4, 0.5) is 0 Å². The molecule has 0 aromatic heterocycles. The molecular weight excluding hydrogens is 258 g/mol. The summed E-state index contributed by atoms with van der Waals surface area (Å²) >= 11 is 0. The van der Waals surface area contributed by atoms with Crippen LogP contribution in [-0.4, -0.2) is 36.1 Å². The third-order valence-electron chi connectivity index (χ3n) is 3.19. The summed E-state index contributed by atoms with van der Waals surface area (Å²) in [6, 6.07) is -0.792. The molecule has 118 valence electrons. The van der Waals surface area contributed by atoms with Gasteiger partial charge in [0.15, 0.2) is 0 Å². The zero-order valence-corrected chi connectivity index (χ0v) is 12.3. The van der Waals surface area contributed by atoms with Crippen molar-refractivity contribution in [3.63, 3.8) is 0 Å². The molecule has 1 atom stereocenters. The van der Waals surface area contributed by atoms with Crippen molar-refractivity contribution in [2.45, 2.75) is 63.8 Å². The highest BCUT2D eigenvalue weighted by molar-refractivity contribution is 5.75. The molecule has 0 fully saturated rings. The molecule has 0 heterocycles. The second-order valence-corrected chi connectivity index (χ2v) is 5.10. The van der Waals surface area contributed by atoms with Gasteiger partial charge in [-0.05, 0) is 38.6 Å². The molecule has 0 aliphatic carbocycles. The van der Waals surface area contributed by atoms with Crippen LogP contribution >= 0.6 is 0 Å². The van der Waals surface area contributed by atoms with Crippen molar-refractivity contribution in [2.75, 3.05) is 13.1 Å². The Balaban J connectivity index is 3.30. The number of carbonyl (C=O) groups excluding carboxylic acids is 1. The highest BCUT2D eigenvalue weighted by Crippen LogP contribution is 2.04. The number of aliphatic carboxylic acids is 1. The summed E-state index contributed by atoms with van der Waals surface area (Å²) in [5.41, 5.74) is 10.8. The number of carbonyl (C=O) groups is 2. The Kier molecular flexibility index (Phi) is 12.1. The molecule has 6 heteroatoms. The summed E-state index contributed by atoms with van der Waals surface area (Å²) in [4.78, 5) is 22.0. The topological polar surface area (TPSA) is 118 Å². The van der Waals surface area contributed by atoms with Crippen LogP contribution in [0.15, 0.2) is 0 Å². The van der Waals surface area contributed by atoms with Gasteiger partial charge in [-0.3, -0.25) is 9.59 Å². The number of nitrogens with two attached hydrogens (primary N) is 2. The normalized spacial score (nSPS) is 12.1. The van der Waals surface area contributed by atoms with Gasteiger partial charge in [-0.1, -0.05) is 19.3 Å². The molecule has 0 bridgehead atoms. The molecule has 0 aliphatic heterocycles. The fourth-order valence-electron chi connectivity index (χ4n) is 1.89. The summed E-state index contributed by atoms with van der Waals surface area (Å²) in [5, 5.41) is 11.4. The van der Waals surface area contributed by atoms with Crippen molar-refractivity contribution in [3.05, 3.63) is 0 Å². The fraction of sp³-hybridized carbons (Fsp3) is 0.857. The largest absolute Gasteiger partial charge is 0.480 e. The molecule has 0 saturated carbocycles. The lowest BCUT2D eigenvalue weighted by Crippen LogP contribution is -2.30. The second kappa shape index (κ2) is 12.9. The minimum Gasteiger partial charge on any atom is -0.480 e. The Labute approximate surface area is 121 Å². The molecule has 0 radical (unpaired) electrons. The number of amides is 1. The van der Waals surface area contributed by atoms with Gasteiger partial charge >= 0.3 is 5.97 Å². The fourth-order valence-corrected chi connectivity index (χ4v) is 1.89. The van der Waals surface area contributed by atoms with E-state index in [9.17, 15) is 9.59 Å². The molecule has 6 nitrogen and oxygen atoms in total. The number of hydrogen-bond acceptors (Lipinski definition) is 4. The van der Waals surface area contributed by atoms with Crippen molar-refractivity contribution >= 4 is 11.9 Å². The van der Waals surface area contributed by atoms with E-state index >= 15 is 0 Å². The average molecular weight is 287 g/mol. The van der Waals surface area contributed by atoms with Crippen molar-refractivity contribution in [1.82, 2.24) is 5.32 Å². The quantitative estimate of drug-likeness (QED) is 0.377. The first-order valence-corrected chi connectivity index (χ1v) is 7.53. The van der Waals surface area contributed by atoms with Gasteiger partial charge in [0.1, 0.15) is 6.04 Å². The first kappa shape index (κ1) is 18.9. The second-order valence-electron chi connectivity index (χ2n) is 5.10. The van der Waals surface area contributed by atoms with Crippen LogP contribution in [-0.2, 0) is 9.59 Å². The van der Waals surface area contributed by atoms with Gasteiger partial charge in [-0.25, -0.2) is 0 Å². The van der Waals surface area contributed by atoms with Crippen LogP contribution in [0.25, 0.3) is 0 Å². The number of carboxylic acid groups (broad SMARTS) is 1. The van der Waals surface area contributed by atoms with E-state index in [-0.39, 0.29) is 5.91 Å². The summed E-state index contributed by atoms with van der Waals surface area (Å²) < 4.78 is 0. The molecule has 0 aromatic carbocycles. The van der Waals surface area contributed by atoms with E-state index in [1.54, 1.807) is 0 Å². The molecule has 0 aromatic rings. The predicted molar refractivity (Wildman–Crippen MR) is 79.2 cm³/mol. The highest BCUT2D eigenvalue weighted by atomic mass is 16.4. The van der Waals surface area contributed by atoms with Crippen LogP contribution in [0.5, 0.6) is 0 Å². The van der Waals surface area contributed by atoms with Gasteiger partial charge in [0.25, 0.3) is 0 Å². The van der Waals surface area contributed by atoms with Crippen LogP contribution in [0.2, 0.25) is 0 Å². The molecule has 0 aliphatic rings. The zero-order valence-electron chi connectivity index (χ0n) is 12.3. The maximum atomic E-state index is 11.5. The predicted octanol–water partition coefficient (Wildman–Crippen LogP) is 0.984. The van der Waals surface area contributed by atoms with Gasteiger partial charge in [0.2, 0.25) is 5.91 Å². The third-order valence-corrected chi connectivity index (χ3v) is 3.19. The lowest BCUT2D eigenvalue weighted by Gasteiger charge is -2.07. The maximum Gasteiger partial charge on any atom is 0.320 e. The maximum absolute atomic E-state index is 11.5. The third kappa shape index (κ3) is 11.9. The molecule has 0 saturated heterocycles. The van der Waals surface area contributed by atoms with Crippen molar-refractivity contribution < 1.29 is 14.7 Å². The lowest BCUT2D eigenvalue weighted by atomic mass is 10.1. The minimum absolute atomic E-state index is 0.0753. The van der Waals surface area contributed by atoms with Crippen molar-refractivity contribution in [1.29, 1.82) is 0 Å². The van der Waals surface area contributed by atoms with Crippen LogP contribution in [0, 0.1) is 0 Å². The Morgan fingerprint density at radius 1 is 1.00 bits per heavy atom. The number of carboxylic acids is 1. The van der Waals surface area contributed by atoms with Gasteiger partial charge in [0.05, 0.1) is 0 Å². The molecule has 1 amide bonds. The van der Waals surface area contributed by atoms with Crippen LogP contribution in [0.1, 0.15) is 57.8 Å². The first-order valence-electron chi connectivity index (χ1n) is 7.53. The molecule has 6 N–H and O–H groups in total. The van der Waals surface area contributed by atoms with Gasteiger partial charge in [-0.15, -0.1) is 0 Å². The van der Waals surface area contributed by atoms with Crippen LogP contribution in [0.3, 0.4) is 0 Å². The Bertz CT molecular complexity index is 272. The zero-order chi connectivity index (χ0) is 15.2. The van der Waals surface area contributed by atoms with Crippen LogP contribution < -0.4 is 16.8 Å². The number of rotatable bonds is 13. The SMILES string of the molecule is NCCCCCCCC(=O)NCCCC[C@H](N)C(=O)O. The van der Waals surface area contributed by atoms with E-state index in [4.69, 9.17) is 16.6 Å². The summed E-state index contributed by atoms with van der Waals surface area (Å²) in [5.74, 6) is -0.893. The Hall–Kier alpha value is -1.14. The minimum atomic E-state index is -0.969. The van der Waals surface area contributed by atoms with E-state index in [2.05, 4.69) is 5.32 Å². The molecule has 0 spiro atoms. The van der Waals surface area contributed by atoms with Crippen molar-refractivity contribution in [2.24, 2.45) is 11.5 Å². The summed E-state index contributed by atoms with van der Waals surface area (Å²) in [7, 11) is 0. The monoisotopic (exact) mass is 287 g/mol. The van der Waals surface area contributed by atoms with Crippen molar-refractivity contribution in [3.8, 4) is 0 Å². The molecular formula is C14H29N3O3. The summed E-state index contributed by atoms with van der Waals surface area (Å²) in [6.07, 6.45) is 7.82. The standard InChI is InChI=1S/C14H29N3O3/c15-10-6-3-1-2-4-9-13(18)17-11-7-5-8-12(16)14(19)20/h12H,1-11,15-16H2,(H,17,18)(H,19,20)/t12-/m0/s1. The number of hydrogen-bond donors (Lipinski definition) is 4. The molecule has 0 unspecified atom stereocenters. The van der Waals surface area contributed by atoms with E-state index in [0.717, 1.165) is 45.1 Å². The highest BCUT2D eigenvalue weighted by Gasteiger charge is 2.10.